The number of methoxy groups -OCH3 is 2. The van der Waals surface area contributed by atoms with Crippen LogP contribution in [-0.4, -0.2) is 56.0 Å². The first-order valence-corrected chi connectivity index (χ1v) is 19.9. The number of rotatable bonds is 16. The maximum absolute atomic E-state index is 12.3. The van der Waals surface area contributed by atoms with Gasteiger partial charge in [-0.05, 0) is 111 Å². The highest BCUT2D eigenvalue weighted by atomic mass is 28.4. The smallest absolute Gasteiger partial charge is 0.338 e. The highest BCUT2D eigenvalue weighted by Gasteiger charge is 2.35. The van der Waals surface area contributed by atoms with Crippen LogP contribution in [0.5, 0.6) is 11.5 Å². The molecule has 0 fully saturated rings. The largest absolute Gasteiger partial charge is 0.497 e. The van der Waals surface area contributed by atoms with E-state index in [4.69, 9.17) is 23.1 Å². The summed E-state index contributed by atoms with van der Waals surface area (Å²) in [6, 6.07) is 15.9. The lowest BCUT2D eigenvalue weighted by atomic mass is 10.1. The van der Waals surface area contributed by atoms with Gasteiger partial charge in [-0.15, -0.1) is 0 Å². The minimum Gasteiger partial charge on any atom is -0.497 e. The van der Waals surface area contributed by atoms with Crippen LogP contribution in [0, 0.1) is 11.8 Å². The number of hydrogen-bond acceptors (Lipinski definition) is 7. The topological polar surface area (TPSA) is 80.3 Å². The van der Waals surface area contributed by atoms with Crippen molar-refractivity contribution in [1.82, 2.24) is 0 Å². The molecule has 2 aromatic rings. The summed E-state index contributed by atoms with van der Waals surface area (Å²) >= 11 is 0. The van der Waals surface area contributed by atoms with E-state index in [-0.39, 0.29) is 34.2 Å². The Morgan fingerprint density at radius 2 is 0.929 bits per heavy atom. The van der Waals surface area contributed by atoms with Crippen molar-refractivity contribution in [3.05, 3.63) is 59.7 Å². The highest BCUT2D eigenvalue weighted by molar-refractivity contribution is 6.84. The summed E-state index contributed by atoms with van der Waals surface area (Å²) in [5, 5.41) is 0. The van der Waals surface area contributed by atoms with Gasteiger partial charge in [-0.25, -0.2) is 9.59 Å². The van der Waals surface area contributed by atoms with Gasteiger partial charge in [0.1, 0.15) is 11.5 Å². The van der Waals surface area contributed by atoms with E-state index < -0.39 is 16.6 Å². The third-order valence-electron chi connectivity index (χ3n) is 6.57. The predicted octanol–water partition coefficient (Wildman–Crippen LogP) is 9.11. The monoisotopic (exact) mass is 622 g/mol. The zero-order valence-electron chi connectivity index (χ0n) is 24.9. The first kappa shape index (κ1) is 41.5. The second-order valence-electron chi connectivity index (χ2n) is 11.5. The van der Waals surface area contributed by atoms with Gasteiger partial charge >= 0.3 is 11.9 Å². The van der Waals surface area contributed by atoms with E-state index in [1.807, 2.05) is 0 Å². The van der Waals surface area contributed by atoms with Crippen molar-refractivity contribution in [3.8, 4) is 11.5 Å². The van der Waals surface area contributed by atoms with Crippen molar-refractivity contribution in [2.45, 2.75) is 87.2 Å². The molecule has 0 N–H and O–H groups in total. The minimum absolute atomic E-state index is 0. The molecule has 0 bridgehead atoms. The van der Waals surface area contributed by atoms with E-state index in [0.29, 0.717) is 47.7 Å². The maximum atomic E-state index is 12.3. The van der Waals surface area contributed by atoms with Gasteiger partial charge < -0.3 is 23.1 Å². The van der Waals surface area contributed by atoms with Gasteiger partial charge in [-0.1, -0.05) is 36.1 Å². The lowest BCUT2D eigenvalue weighted by molar-refractivity contribution is 0.0478. The van der Waals surface area contributed by atoms with E-state index in [1.54, 1.807) is 62.8 Å². The fraction of sp³-hybridized carbons (Fsp3) is 0.576. The molecule has 2 unspecified atom stereocenters. The molecular weight excluding hydrogens is 565 g/mol. The van der Waals surface area contributed by atoms with Gasteiger partial charge in [-0.2, -0.15) is 0 Å². The molecule has 0 heterocycles. The van der Waals surface area contributed by atoms with Gasteiger partial charge in [0.05, 0.1) is 38.6 Å². The van der Waals surface area contributed by atoms with Crippen LogP contribution in [0.4, 0.5) is 0 Å². The SMILES string of the molecule is C.C.C.COc1ccc(C(=O)OCCC(C)C[Si](C)(C)O[Si](C)(C)CC(C)CCOC(=O)c2ccc(OC)cc2)cc1. The van der Waals surface area contributed by atoms with Gasteiger partial charge in [-0.3, -0.25) is 0 Å². The highest BCUT2D eigenvalue weighted by Crippen LogP contribution is 2.29. The molecule has 0 saturated carbocycles. The summed E-state index contributed by atoms with van der Waals surface area (Å²) in [5.74, 6) is 1.59. The molecule has 0 spiro atoms. The summed E-state index contributed by atoms with van der Waals surface area (Å²) in [4.78, 5) is 24.6. The number of carbonyl (C=O) groups is 2. The second kappa shape index (κ2) is 19.5. The van der Waals surface area contributed by atoms with E-state index >= 15 is 0 Å². The van der Waals surface area contributed by atoms with Gasteiger partial charge in [0.2, 0.25) is 0 Å². The van der Waals surface area contributed by atoms with E-state index in [2.05, 4.69) is 40.0 Å². The molecule has 7 nitrogen and oxygen atoms in total. The molecule has 2 aromatic carbocycles. The zero-order valence-corrected chi connectivity index (χ0v) is 26.9. The van der Waals surface area contributed by atoms with Crippen LogP contribution in [0.1, 0.15) is 69.7 Å². The Kier molecular flexibility index (Phi) is 19.3. The Balaban J connectivity index is 0. The van der Waals surface area contributed by atoms with Gasteiger partial charge in [0, 0.05) is 0 Å². The summed E-state index contributed by atoms with van der Waals surface area (Å²) < 4.78 is 28.1. The molecule has 9 heteroatoms. The number of esters is 2. The molecule has 2 atom stereocenters. The van der Waals surface area contributed by atoms with Crippen molar-refractivity contribution >= 4 is 28.6 Å². The Hall–Kier alpha value is -2.63. The average Bonchev–Trinajstić information content (AvgIpc) is 2.87. The summed E-state index contributed by atoms with van der Waals surface area (Å²) in [6.45, 7) is 14.3. The maximum Gasteiger partial charge on any atom is 0.338 e. The Morgan fingerprint density at radius 1 is 0.619 bits per heavy atom. The van der Waals surface area contributed by atoms with Crippen molar-refractivity contribution < 1.29 is 32.7 Å². The number of ether oxygens (including phenoxy) is 4. The Labute approximate surface area is 258 Å². The molecule has 0 amide bonds. The van der Waals surface area contributed by atoms with Crippen LogP contribution >= 0.6 is 0 Å². The lowest BCUT2D eigenvalue weighted by Gasteiger charge is -2.37. The zero-order chi connectivity index (χ0) is 29.1. The fourth-order valence-electron chi connectivity index (χ4n) is 5.04. The average molecular weight is 623 g/mol. The van der Waals surface area contributed by atoms with Crippen LogP contribution in [0.3, 0.4) is 0 Å². The normalized spacial score (nSPS) is 12.4. The van der Waals surface area contributed by atoms with Gasteiger partial charge in [0.25, 0.3) is 0 Å². The van der Waals surface area contributed by atoms with Crippen molar-refractivity contribution in [1.29, 1.82) is 0 Å². The van der Waals surface area contributed by atoms with Crippen LogP contribution in [-0.2, 0) is 13.6 Å². The van der Waals surface area contributed by atoms with E-state index in [1.165, 1.54) is 0 Å². The molecule has 0 aromatic heterocycles. The third-order valence-corrected chi connectivity index (χ3v) is 14.4. The second-order valence-corrected chi connectivity index (χ2v) is 20.2. The fourth-order valence-corrected chi connectivity index (χ4v) is 15.5. The summed E-state index contributed by atoms with van der Waals surface area (Å²) in [5.41, 5.74) is 1.05. The summed E-state index contributed by atoms with van der Waals surface area (Å²) in [7, 11) is -0.629. The first-order chi connectivity index (χ1) is 18.3. The molecule has 240 valence electrons. The molecule has 0 radical (unpaired) electrons. The number of carbonyl (C=O) groups excluding carboxylic acids is 2. The van der Waals surface area contributed by atoms with Gasteiger partial charge in [0.15, 0.2) is 16.6 Å². The molecule has 0 aliphatic carbocycles. The molecule has 0 aliphatic rings. The van der Waals surface area contributed by atoms with Crippen LogP contribution in [0.2, 0.25) is 38.3 Å². The minimum atomic E-state index is -1.91. The predicted molar refractivity (Wildman–Crippen MR) is 180 cm³/mol. The summed E-state index contributed by atoms with van der Waals surface area (Å²) in [6.07, 6.45) is 1.61. The Bertz CT molecular complexity index is 954. The molecule has 0 saturated heterocycles. The van der Waals surface area contributed by atoms with Crippen LogP contribution < -0.4 is 9.47 Å². The molecule has 2 rings (SSSR count). The number of benzene rings is 2. The third kappa shape index (κ3) is 15.0. The number of hydrogen-bond donors (Lipinski definition) is 0. The lowest BCUT2D eigenvalue weighted by Crippen LogP contribution is -2.46. The van der Waals surface area contributed by atoms with Crippen LogP contribution in [0.15, 0.2) is 48.5 Å². The standard InChI is InChI=1S/C30H46O7Si2.3CH4/c1-23(17-19-35-29(31)25-9-13-27(33-3)14-10-25)21-38(5,6)37-39(7,8)22-24(2)18-20-36-30(32)26-11-15-28(34-4)16-12-26;;;/h9-16,23-24H,17-22H2,1-8H3;3*1H4. The molecular formula is C33H58O7Si2. The first-order valence-electron chi connectivity index (χ1n) is 13.7. The van der Waals surface area contributed by atoms with Crippen molar-refractivity contribution in [2.75, 3.05) is 27.4 Å². The van der Waals surface area contributed by atoms with E-state index in [9.17, 15) is 9.59 Å². The Morgan fingerprint density at radius 3 is 1.21 bits per heavy atom. The molecule has 42 heavy (non-hydrogen) atoms. The van der Waals surface area contributed by atoms with Crippen LogP contribution in [0.25, 0.3) is 0 Å². The molecule has 0 aliphatic heterocycles. The van der Waals surface area contributed by atoms with Crippen molar-refractivity contribution in [2.24, 2.45) is 11.8 Å². The quantitative estimate of drug-likeness (QED) is 0.136. The van der Waals surface area contributed by atoms with Crippen molar-refractivity contribution in [3.63, 3.8) is 0 Å². The van der Waals surface area contributed by atoms with E-state index in [0.717, 1.165) is 24.9 Å².